The molecule has 2 unspecified atom stereocenters. The number of fused-ring (bicyclic) bond motifs is 1. The van der Waals surface area contributed by atoms with Crippen molar-refractivity contribution in [2.45, 2.75) is 57.5 Å². The maximum Gasteiger partial charge on any atom is 0.323 e. The van der Waals surface area contributed by atoms with Crippen LogP contribution in [0.4, 0.5) is 0 Å². The van der Waals surface area contributed by atoms with Crippen molar-refractivity contribution in [3.05, 3.63) is 95.2 Å². The summed E-state index contributed by atoms with van der Waals surface area (Å²) < 4.78 is 12.9. The summed E-state index contributed by atoms with van der Waals surface area (Å²) in [6.45, 7) is 3.65. The van der Waals surface area contributed by atoms with Crippen molar-refractivity contribution in [2.75, 3.05) is 20.0 Å². The number of unbranched alkanes of at least 4 members (excludes halogenated alkanes) is 1. The number of ether oxygens (including phenoxy) is 2. The number of nitrogens with zero attached hydrogens (tertiary/aromatic N) is 1. The zero-order valence-electron chi connectivity index (χ0n) is 26.2. The molecule has 0 radical (unpaired) electrons. The largest absolute Gasteiger partial charge is 0.496 e. The highest BCUT2D eigenvalue weighted by Crippen LogP contribution is 2.38. The standard InChI is InChI=1S/C35H41N3O6S/c1-5-6-15-26(33-30(43-3)17-23(2)18-31(33)44-4)36-34(41)27(22-45-21-24-12-8-7-9-13-24)37-35(42)29-19-25-14-10-11-16-28(25)38(29)20-32(39)40/h7-14,16-19,26-27H,5-6,15,20-22H2,1-4H3,(H,36,41)(H,37,42)(H,39,40). The normalized spacial score (nSPS) is 12.4. The van der Waals surface area contributed by atoms with E-state index in [1.54, 1.807) is 32.4 Å². The van der Waals surface area contributed by atoms with Crippen molar-refractivity contribution < 1.29 is 29.0 Å². The average molecular weight is 632 g/mol. The SMILES string of the molecule is CCCCC(NC(=O)C(CSCc1ccccc1)NC(=O)c1cc2ccccc2n1CC(=O)O)c1c(OC)cc(C)cc1OC. The van der Waals surface area contributed by atoms with Gasteiger partial charge < -0.3 is 29.8 Å². The molecule has 3 aromatic carbocycles. The van der Waals surface area contributed by atoms with E-state index in [1.807, 2.05) is 61.5 Å². The number of methoxy groups -OCH3 is 2. The molecule has 0 fully saturated rings. The lowest BCUT2D eigenvalue weighted by Gasteiger charge is -2.26. The quantitative estimate of drug-likeness (QED) is 0.136. The predicted octanol–water partition coefficient (Wildman–Crippen LogP) is 6.13. The van der Waals surface area contributed by atoms with Gasteiger partial charge in [0.15, 0.2) is 0 Å². The molecule has 0 aliphatic rings. The lowest BCUT2D eigenvalue weighted by atomic mass is 9.97. The first-order chi connectivity index (χ1) is 21.7. The number of amides is 2. The molecule has 9 nitrogen and oxygen atoms in total. The molecule has 45 heavy (non-hydrogen) atoms. The maximum atomic E-state index is 14.1. The number of thioether (sulfide) groups is 1. The summed E-state index contributed by atoms with van der Waals surface area (Å²) in [6, 6.07) is 21.3. The molecule has 0 aliphatic carbocycles. The fourth-order valence-corrected chi connectivity index (χ4v) is 6.39. The Hall–Kier alpha value is -4.44. The molecule has 2 atom stereocenters. The molecule has 0 aliphatic heterocycles. The second-order valence-electron chi connectivity index (χ2n) is 10.9. The number of carboxylic acid groups (broad SMARTS) is 1. The third-order valence-corrected chi connectivity index (χ3v) is 8.66. The zero-order chi connectivity index (χ0) is 32.3. The van der Waals surface area contributed by atoms with Crippen LogP contribution in [-0.2, 0) is 21.9 Å². The molecule has 4 rings (SSSR count). The van der Waals surface area contributed by atoms with Crippen LogP contribution in [0.1, 0.15) is 59.4 Å². The monoisotopic (exact) mass is 631 g/mol. The fraction of sp³-hybridized carbons (Fsp3) is 0.343. The molecule has 0 bridgehead atoms. The molecule has 238 valence electrons. The van der Waals surface area contributed by atoms with Crippen LogP contribution in [0.25, 0.3) is 10.9 Å². The first-order valence-electron chi connectivity index (χ1n) is 15.0. The summed E-state index contributed by atoms with van der Waals surface area (Å²) in [7, 11) is 3.19. The highest BCUT2D eigenvalue weighted by molar-refractivity contribution is 7.98. The summed E-state index contributed by atoms with van der Waals surface area (Å²) in [5.74, 6) is 0.236. The van der Waals surface area contributed by atoms with Gasteiger partial charge in [-0.05, 0) is 48.7 Å². The lowest BCUT2D eigenvalue weighted by Crippen LogP contribution is -2.49. The first kappa shape index (κ1) is 33.5. The van der Waals surface area contributed by atoms with Crippen molar-refractivity contribution in [3.63, 3.8) is 0 Å². The van der Waals surface area contributed by atoms with E-state index in [0.29, 0.717) is 34.9 Å². The molecule has 10 heteroatoms. The Labute approximate surface area is 268 Å². The Morgan fingerprint density at radius 2 is 1.60 bits per heavy atom. The van der Waals surface area contributed by atoms with Crippen molar-refractivity contribution in [2.24, 2.45) is 0 Å². The second kappa shape index (κ2) is 16.0. The smallest absolute Gasteiger partial charge is 0.323 e. The highest BCUT2D eigenvalue weighted by Gasteiger charge is 2.29. The van der Waals surface area contributed by atoms with Crippen LogP contribution >= 0.6 is 11.8 Å². The first-order valence-corrected chi connectivity index (χ1v) is 16.2. The fourth-order valence-electron chi connectivity index (χ4n) is 5.37. The number of carbonyl (C=O) groups is 3. The van der Waals surface area contributed by atoms with Crippen LogP contribution in [0.15, 0.2) is 72.8 Å². The van der Waals surface area contributed by atoms with Crippen LogP contribution in [0.2, 0.25) is 0 Å². The van der Waals surface area contributed by atoms with Crippen LogP contribution in [0.5, 0.6) is 11.5 Å². The number of para-hydroxylation sites is 1. The van der Waals surface area contributed by atoms with Crippen molar-refractivity contribution in [1.29, 1.82) is 0 Å². The van der Waals surface area contributed by atoms with Gasteiger partial charge in [0, 0.05) is 22.4 Å². The van der Waals surface area contributed by atoms with Gasteiger partial charge in [-0.2, -0.15) is 11.8 Å². The van der Waals surface area contributed by atoms with Gasteiger partial charge in [-0.25, -0.2) is 0 Å². The van der Waals surface area contributed by atoms with Crippen LogP contribution in [0, 0.1) is 6.92 Å². The Morgan fingerprint density at radius 3 is 2.24 bits per heavy atom. The molecule has 4 aromatic rings. The van der Waals surface area contributed by atoms with Gasteiger partial charge in [0.05, 0.1) is 25.8 Å². The Bertz CT molecular complexity index is 1600. The predicted molar refractivity (Wildman–Crippen MR) is 178 cm³/mol. The number of rotatable bonds is 16. The zero-order valence-corrected chi connectivity index (χ0v) is 27.0. The number of aromatic nitrogens is 1. The maximum absolute atomic E-state index is 14.1. The Morgan fingerprint density at radius 1 is 0.933 bits per heavy atom. The number of carbonyl (C=O) groups excluding carboxylic acids is 2. The summed E-state index contributed by atoms with van der Waals surface area (Å²) in [6.07, 6.45) is 2.41. The molecule has 3 N–H and O–H groups in total. The van der Waals surface area contributed by atoms with Gasteiger partial charge in [-0.15, -0.1) is 0 Å². The van der Waals surface area contributed by atoms with Crippen LogP contribution in [-0.4, -0.2) is 53.5 Å². The van der Waals surface area contributed by atoms with Gasteiger partial charge in [-0.1, -0.05) is 68.3 Å². The van der Waals surface area contributed by atoms with Gasteiger partial charge in [0.25, 0.3) is 5.91 Å². The molecule has 0 spiro atoms. The molecule has 1 heterocycles. The Kier molecular flexibility index (Phi) is 11.9. The van der Waals surface area contributed by atoms with E-state index in [1.165, 1.54) is 16.3 Å². The lowest BCUT2D eigenvalue weighted by molar-refractivity contribution is -0.137. The van der Waals surface area contributed by atoms with Gasteiger partial charge in [0.1, 0.15) is 29.8 Å². The van der Waals surface area contributed by atoms with E-state index < -0.39 is 24.0 Å². The molecule has 2 amide bonds. The molecular formula is C35H41N3O6S. The van der Waals surface area contributed by atoms with Crippen molar-refractivity contribution in [1.82, 2.24) is 15.2 Å². The third kappa shape index (κ3) is 8.60. The minimum atomic E-state index is -1.07. The van der Waals surface area contributed by atoms with Gasteiger partial charge >= 0.3 is 5.97 Å². The summed E-state index contributed by atoms with van der Waals surface area (Å²) >= 11 is 1.53. The number of carboxylic acids is 1. The molecule has 1 aromatic heterocycles. The van der Waals surface area contributed by atoms with Crippen molar-refractivity contribution in [3.8, 4) is 11.5 Å². The molecular weight excluding hydrogens is 590 g/mol. The second-order valence-corrected chi connectivity index (χ2v) is 11.9. The third-order valence-electron chi connectivity index (χ3n) is 7.55. The molecule has 0 saturated heterocycles. The number of aliphatic carboxylic acids is 1. The van der Waals surface area contributed by atoms with E-state index in [2.05, 4.69) is 17.6 Å². The van der Waals surface area contributed by atoms with E-state index in [9.17, 15) is 19.5 Å². The number of nitrogens with one attached hydrogen (secondary N) is 2. The number of aryl methyl sites for hydroxylation is 1. The van der Waals surface area contributed by atoms with Crippen molar-refractivity contribution >= 4 is 40.4 Å². The number of benzene rings is 3. The van der Waals surface area contributed by atoms with E-state index in [-0.39, 0.29) is 18.1 Å². The number of hydrogen-bond donors (Lipinski definition) is 3. The summed E-state index contributed by atoms with van der Waals surface area (Å²) in [4.78, 5) is 39.6. The minimum Gasteiger partial charge on any atom is -0.496 e. The Balaban J connectivity index is 1.65. The average Bonchev–Trinajstić information content (AvgIpc) is 3.40. The summed E-state index contributed by atoms with van der Waals surface area (Å²) in [5, 5.41) is 16.4. The highest BCUT2D eigenvalue weighted by atomic mass is 32.2. The summed E-state index contributed by atoms with van der Waals surface area (Å²) in [5.41, 5.74) is 3.62. The van der Waals surface area contributed by atoms with E-state index in [0.717, 1.165) is 34.9 Å². The number of hydrogen-bond acceptors (Lipinski definition) is 6. The minimum absolute atomic E-state index is 0.175. The van der Waals surface area contributed by atoms with Gasteiger partial charge in [-0.3, -0.25) is 14.4 Å². The van der Waals surface area contributed by atoms with E-state index in [4.69, 9.17) is 9.47 Å². The molecule has 0 saturated carbocycles. The van der Waals surface area contributed by atoms with Crippen LogP contribution < -0.4 is 20.1 Å². The van der Waals surface area contributed by atoms with E-state index >= 15 is 0 Å². The van der Waals surface area contributed by atoms with Crippen LogP contribution in [0.3, 0.4) is 0 Å². The van der Waals surface area contributed by atoms with Gasteiger partial charge in [0.2, 0.25) is 5.91 Å². The topological polar surface area (TPSA) is 119 Å².